The van der Waals surface area contributed by atoms with Gasteiger partial charge in [0, 0.05) is 26.0 Å². The van der Waals surface area contributed by atoms with E-state index in [1.807, 2.05) is 0 Å². The number of hydrogen-bond donors (Lipinski definition) is 0. The molecule has 4 rings (SSSR count). The largest absolute Gasteiger partial charge is 0.286 e. The van der Waals surface area contributed by atoms with E-state index in [0.29, 0.717) is 0 Å². The zero-order valence-electron chi connectivity index (χ0n) is 12.5. The Hall–Kier alpha value is -1.88. The van der Waals surface area contributed by atoms with Crippen molar-refractivity contribution in [2.75, 3.05) is 0 Å². The third-order valence-corrected chi connectivity index (χ3v) is 5.45. The molecule has 0 aliphatic rings. The summed E-state index contributed by atoms with van der Waals surface area (Å²) in [6.45, 7) is 2.21. The quantitative estimate of drug-likeness (QED) is 0.329. The summed E-state index contributed by atoms with van der Waals surface area (Å²) < 4.78 is 5.85. The zero-order chi connectivity index (χ0) is 15.3. The molecule has 0 fully saturated rings. The molecule has 0 saturated heterocycles. The highest BCUT2D eigenvalue weighted by Gasteiger charge is 2.22. The van der Waals surface area contributed by atoms with Crippen LogP contribution in [0, 0.1) is 10.5 Å². The molecule has 0 unspecified atom stereocenters. The lowest BCUT2D eigenvalue weighted by Crippen LogP contribution is -2.33. The summed E-state index contributed by atoms with van der Waals surface area (Å²) in [5.41, 5.74) is 3.89. The number of pyridine rings is 1. The standard InChI is InChI=1S/C19H16IN2/c1-13-16(20)11-10-15-14-7-3-4-8-17(14)22(19(13)15)18-9-5-6-12-21(18)2/h3-12H,1-2H3/q+1. The van der Waals surface area contributed by atoms with E-state index in [2.05, 4.69) is 106 Å². The average Bonchev–Trinajstić information content (AvgIpc) is 2.87. The topological polar surface area (TPSA) is 8.81 Å². The number of rotatable bonds is 1. The lowest BCUT2D eigenvalue weighted by Gasteiger charge is -2.05. The molecule has 0 N–H and O–H groups in total. The van der Waals surface area contributed by atoms with Gasteiger partial charge in [-0.1, -0.05) is 18.2 Å². The molecule has 4 aromatic rings. The van der Waals surface area contributed by atoms with Gasteiger partial charge in [0.25, 0.3) is 5.82 Å². The first kappa shape index (κ1) is 13.8. The summed E-state index contributed by atoms with van der Waals surface area (Å²) in [7, 11) is 2.10. The molecule has 0 atom stereocenters. The Balaban J connectivity index is 2.29. The van der Waals surface area contributed by atoms with E-state index in [9.17, 15) is 0 Å². The second-order valence-electron chi connectivity index (χ2n) is 5.59. The van der Waals surface area contributed by atoms with Crippen LogP contribution < -0.4 is 4.57 Å². The Morgan fingerprint density at radius 2 is 1.68 bits per heavy atom. The average molecular weight is 399 g/mol. The number of para-hydroxylation sites is 1. The molecule has 2 aromatic heterocycles. The van der Waals surface area contributed by atoms with E-state index >= 15 is 0 Å². The van der Waals surface area contributed by atoms with Gasteiger partial charge in [-0.3, -0.25) is 0 Å². The van der Waals surface area contributed by atoms with Crippen LogP contribution in [-0.4, -0.2) is 4.57 Å². The summed E-state index contributed by atoms with van der Waals surface area (Å²) in [6.07, 6.45) is 2.10. The maximum absolute atomic E-state index is 2.42. The minimum atomic E-state index is 1.18. The van der Waals surface area contributed by atoms with Gasteiger partial charge in [-0.25, -0.2) is 4.57 Å². The smallest absolute Gasteiger partial charge is 0.237 e. The summed E-state index contributed by atoms with van der Waals surface area (Å²) in [4.78, 5) is 0. The highest BCUT2D eigenvalue weighted by atomic mass is 127. The summed E-state index contributed by atoms with van der Waals surface area (Å²) in [5.74, 6) is 1.18. The first-order chi connectivity index (χ1) is 10.7. The van der Waals surface area contributed by atoms with Crippen LogP contribution in [0.2, 0.25) is 0 Å². The van der Waals surface area contributed by atoms with Crippen molar-refractivity contribution in [1.29, 1.82) is 0 Å². The number of fused-ring (bicyclic) bond motifs is 3. The normalized spacial score (nSPS) is 11.4. The molecule has 22 heavy (non-hydrogen) atoms. The van der Waals surface area contributed by atoms with E-state index < -0.39 is 0 Å². The van der Waals surface area contributed by atoms with E-state index in [4.69, 9.17) is 0 Å². The number of aryl methyl sites for hydroxylation is 2. The predicted molar refractivity (Wildman–Crippen MR) is 99.4 cm³/mol. The van der Waals surface area contributed by atoms with Crippen molar-refractivity contribution in [2.45, 2.75) is 6.92 Å². The molecular formula is C19H16IN2+. The fourth-order valence-corrected chi connectivity index (χ4v) is 3.62. The SMILES string of the molecule is Cc1c(I)ccc2c3ccccc3n(-c3cccc[n+]3C)c12. The summed E-state index contributed by atoms with van der Waals surface area (Å²) in [5, 5.41) is 2.62. The second kappa shape index (κ2) is 5.09. The number of benzene rings is 2. The zero-order valence-corrected chi connectivity index (χ0v) is 14.7. The van der Waals surface area contributed by atoms with Crippen LogP contribution in [0.5, 0.6) is 0 Å². The number of aromatic nitrogens is 2. The number of hydrogen-bond acceptors (Lipinski definition) is 0. The van der Waals surface area contributed by atoms with Crippen molar-refractivity contribution in [1.82, 2.24) is 4.57 Å². The molecule has 0 aliphatic carbocycles. The van der Waals surface area contributed by atoms with Crippen molar-refractivity contribution >= 4 is 44.4 Å². The molecule has 3 heteroatoms. The van der Waals surface area contributed by atoms with Crippen LogP contribution in [0.15, 0.2) is 60.8 Å². The Morgan fingerprint density at radius 3 is 2.50 bits per heavy atom. The van der Waals surface area contributed by atoms with Gasteiger partial charge in [-0.15, -0.1) is 0 Å². The summed E-state index contributed by atoms with van der Waals surface area (Å²) in [6, 6.07) is 19.4. The Bertz CT molecular complexity index is 1010. The minimum absolute atomic E-state index is 1.18. The van der Waals surface area contributed by atoms with Crippen LogP contribution in [0.3, 0.4) is 0 Å². The molecule has 0 saturated carbocycles. The molecular weight excluding hydrogens is 383 g/mol. The van der Waals surface area contributed by atoms with E-state index in [-0.39, 0.29) is 0 Å². The third kappa shape index (κ3) is 1.88. The Morgan fingerprint density at radius 1 is 0.909 bits per heavy atom. The first-order valence-corrected chi connectivity index (χ1v) is 8.39. The third-order valence-electron chi connectivity index (χ3n) is 4.28. The maximum Gasteiger partial charge on any atom is 0.286 e. The highest BCUT2D eigenvalue weighted by molar-refractivity contribution is 14.1. The van der Waals surface area contributed by atoms with E-state index in [1.165, 1.54) is 36.8 Å². The van der Waals surface area contributed by atoms with Crippen LogP contribution in [0.1, 0.15) is 5.56 Å². The number of nitrogens with zero attached hydrogens (tertiary/aromatic N) is 2. The Labute approximate surface area is 143 Å². The van der Waals surface area contributed by atoms with E-state index in [1.54, 1.807) is 0 Å². The molecule has 108 valence electrons. The fraction of sp³-hybridized carbons (Fsp3) is 0.105. The molecule has 0 radical (unpaired) electrons. The van der Waals surface area contributed by atoms with Gasteiger partial charge in [0.05, 0.1) is 13.2 Å². The Kier molecular flexibility index (Phi) is 3.18. The van der Waals surface area contributed by atoms with Crippen LogP contribution >= 0.6 is 22.6 Å². The molecule has 0 amide bonds. The number of halogens is 1. The second-order valence-corrected chi connectivity index (χ2v) is 6.75. The molecule has 2 nitrogen and oxygen atoms in total. The van der Waals surface area contributed by atoms with Gasteiger partial charge in [0.15, 0.2) is 0 Å². The van der Waals surface area contributed by atoms with Crippen LogP contribution in [0.25, 0.3) is 27.6 Å². The predicted octanol–water partition coefficient (Wildman–Crippen LogP) is 4.52. The first-order valence-electron chi connectivity index (χ1n) is 7.32. The van der Waals surface area contributed by atoms with Crippen LogP contribution in [-0.2, 0) is 7.05 Å². The van der Waals surface area contributed by atoms with Crippen molar-refractivity contribution in [3.63, 3.8) is 0 Å². The lowest BCUT2D eigenvalue weighted by molar-refractivity contribution is -0.665. The van der Waals surface area contributed by atoms with Gasteiger partial charge in [0.1, 0.15) is 11.0 Å². The molecule has 0 spiro atoms. The van der Waals surface area contributed by atoms with Crippen LogP contribution in [0.4, 0.5) is 0 Å². The van der Waals surface area contributed by atoms with Crippen molar-refractivity contribution in [2.24, 2.45) is 7.05 Å². The molecule has 2 heterocycles. The molecule has 2 aromatic carbocycles. The fourth-order valence-electron chi connectivity index (χ4n) is 3.18. The van der Waals surface area contributed by atoms with Crippen molar-refractivity contribution in [3.05, 3.63) is 69.9 Å². The lowest BCUT2D eigenvalue weighted by atomic mass is 10.1. The van der Waals surface area contributed by atoms with Gasteiger partial charge >= 0.3 is 0 Å². The monoisotopic (exact) mass is 399 g/mol. The van der Waals surface area contributed by atoms with Gasteiger partial charge in [-0.2, -0.15) is 4.57 Å². The van der Waals surface area contributed by atoms with Gasteiger partial charge in [0.2, 0.25) is 0 Å². The minimum Gasteiger partial charge on any atom is -0.237 e. The van der Waals surface area contributed by atoms with Gasteiger partial charge in [-0.05, 0) is 59.8 Å². The van der Waals surface area contributed by atoms with E-state index in [0.717, 1.165) is 0 Å². The maximum atomic E-state index is 2.42. The molecule has 0 aliphatic heterocycles. The van der Waals surface area contributed by atoms with Crippen molar-refractivity contribution < 1.29 is 4.57 Å². The van der Waals surface area contributed by atoms with Gasteiger partial charge < -0.3 is 0 Å². The summed E-state index contributed by atoms with van der Waals surface area (Å²) >= 11 is 2.42. The van der Waals surface area contributed by atoms with Crippen molar-refractivity contribution in [3.8, 4) is 5.82 Å². The highest BCUT2D eigenvalue weighted by Crippen LogP contribution is 2.34. The molecule has 0 bridgehead atoms.